The lowest BCUT2D eigenvalue weighted by Crippen LogP contribution is -2.49. The van der Waals surface area contributed by atoms with Gasteiger partial charge in [-0.15, -0.1) is 0 Å². The van der Waals surface area contributed by atoms with Crippen LogP contribution in [0, 0.1) is 0 Å². The molecular weight excluding hydrogens is 606 g/mol. The molecule has 0 saturated heterocycles. The fourth-order valence-electron chi connectivity index (χ4n) is 4.92. The van der Waals surface area contributed by atoms with Gasteiger partial charge in [-0.3, -0.25) is 39.1 Å². The first kappa shape index (κ1) is 35.8. The maximum Gasteiger partial charge on any atom is 0.242 e. The Balaban J connectivity index is 1.32. The first-order valence-electron chi connectivity index (χ1n) is 16.1. The Labute approximate surface area is 282 Å². The van der Waals surface area contributed by atoms with Crippen molar-refractivity contribution in [3.8, 4) is 0 Å². The highest BCUT2D eigenvalue weighted by Crippen LogP contribution is 2.12. The highest BCUT2D eigenvalue weighted by atomic mass is 16.2. The van der Waals surface area contributed by atoms with Crippen molar-refractivity contribution in [1.29, 1.82) is 0 Å². The first-order valence-corrected chi connectivity index (χ1v) is 16.1. The summed E-state index contributed by atoms with van der Waals surface area (Å²) in [6, 6.07) is 23.8. The van der Waals surface area contributed by atoms with Crippen molar-refractivity contribution in [2.24, 2.45) is 5.73 Å². The molecule has 5 N–H and O–H groups in total. The summed E-state index contributed by atoms with van der Waals surface area (Å²) in [5, 5.41) is 8.42. The molecule has 3 aromatic heterocycles. The number of anilines is 1. The summed E-state index contributed by atoms with van der Waals surface area (Å²) in [7, 11) is 0. The van der Waals surface area contributed by atoms with Crippen LogP contribution in [0.3, 0.4) is 0 Å². The smallest absolute Gasteiger partial charge is 0.242 e. The van der Waals surface area contributed by atoms with Crippen LogP contribution in [0.1, 0.15) is 36.5 Å². The van der Waals surface area contributed by atoms with Gasteiger partial charge in [0.2, 0.25) is 17.7 Å². The average molecular weight is 652 g/mol. The molecule has 0 aliphatic rings. The van der Waals surface area contributed by atoms with Gasteiger partial charge in [0.1, 0.15) is 6.04 Å². The van der Waals surface area contributed by atoms with Crippen molar-refractivity contribution < 1.29 is 14.4 Å². The summed E-state index contributed by atoms with van der Waals surface area (Å²) < 4.78 is 0. The van der Waals surface area contributed by atoms with Crippen molar-refractivity contribution in [3.63, 3.8) is 0 Å². The second-order valence-electron chi connectivity index (χ2n) is 11.7. The van der Waals surface area contributed by atoms with Gasteiger partial charge in [0.25, 0.3) is 0 Å². The molecule has 0 aliphatic carbocycles. The fourth-order valence-corrected chi connectivity index (χ4v) is 4.92. The number of hydrogen-bond donors (Lipinski definition) is 4. The molecule has 12 nitrogen and oxygen atoms in total. The molecule has 0 spiro atoms. The van der Waals surface area contributed by atoms with Crippen molar-refractivity contribution >= 4 is 23.4 Å². The summed E-state index contributed by atoms with van der Waals surface area (Å²) in [6.45, 7) is 6.91. The molecule has 4 aromatic rings. The van der Waals surface area contributed by atoms with E-state index in [-0.39, 0.29) is 24.3 Å². The third-order valence-electron chi connectivity index (χ3n) is 7.55. The second kappa shape index (κ2) is 18.9. The Bertz CT molecular complexity index is 1510. The van der Waals surface area contributed by atoms with Gasteiger partial charge in [-0.25, -0.2) is 0 Å². The van der Waals surface area contributed by atoms with Crippen LogP contribution in [0.2, 0.25) is 0 Å². The number of aromatic nitrogens is 3. The van der Waals surface area contributed by atoms with Crippen LogP contribution in [0.25, 0.3) is 0 Å². The van der Waals surface area contributed by atoms with Gasteiger partial charge in [-0.1, -0.05) is 30.3 Å². The minimum absolute atomic E-state index is 0.130. The molecule has 0 fully saturated rings. The standard InChI is InChI=1S/C36H45N9O3/c1-27(37)35(47)42-28(2)36(48)41-20-16-29-12-14-30(15-13-29)43-34(46)26-45(25-33-11-5-8-19-40-33)22-21-44(23-31-9-3-6-17-38-31)24-32-10-4-7-18-39-32/h3-15,17-19,27-28H,16,20-26,37H2,1-2H3,(H,41,48)(H,42,47)(H,43,46)/t27-,28-/m1/s1. The molecule has 0 unspecified atom stereocenters. The molecule has 48 heavy (non-hydrogen) atoms. The molecule has 252 valence electrons. The largest absolute Gasteiger partial charge is 0.354 e. The molecule has 0 radical (unpaired) electrons. The Morgan fingerprint density at radius 3 is 1.73 bits per heavy atom. The Hall–Kier alpha value is -5.04. The van der Waals surface area contributed by atoms with Crippen LogP contribution >= 0.6 is 0 Å². The third-order valence-corrected chi connectivity index (χ3v) is 7.55. The van der Waals surface area contributed by atoms with E-state index in [9.17, 15) is 14.4 Å². The number of carbonyl (C=O) groups excluding carboxylic acids is 3. The van der Waals surface area contributed by atoms with Gasteiger partial charge in [0.15, 0.2) is 0 Å². The summed E-state index contributed by atoms with van der Waals surface area (Å²) in [4.78, 5) is 55.2. The summed E-state index contributed by atoms with van der Waals surface area (Å²) in [5.74, 6) is -0.784. The zero-order chi connectivity index (χ0) is 34.1. The summed E-state index contributed by atoms with van der Waals surface area (Å²) >= 11 is 0. The maximum absolute atomic E-state index is 13.3. The number of nitrogens with two attached hydrogens (primary N) is 1. The maximum atomic E-state index is 13.3. The van der Waals surface area contributed by atoms with E-state index >= 15 is 0 Å². The van der Waals surface area contributed by atoms with E-state index < -0.39 is 12.1 Å². The Morgan fingerprint density at radius 1 is 0.708 bits per heavy atom. The second-order valence-corrected chi connectivity index (χ2v) is 11.7. The minimum atomic E-state index is -0.682. The number of nitrogens with one attached hydrogen (secondary N) is 3. The van der Waals surface area contributed by atoms with Gasteiger partial charge in [0, 0.05) is 63.5 Å². The highest BCUT2D eigenvalue weighted by molar-refractivity contribution is 5.92. The Kier molecular flexibility index (Phi) is 14.1. The third kappa shape index (κ3) is 12.6. The number of pyridine rings is 3. The van der Waals surface area contributed by atoms with Crippen LogP contribution in [0.4, 0.5) is 5.69 Å². The lowest BCUT2D eigenvalue weighted by molar-refractivity contribution is -0.129. The fraction of sp³-hybridized carbons (Fsp3) is 0.333. The van der Waals surface area contributed by atoms with Crippen molar-refractivity contribution in [2.45, 2.75) is 52.0 Å². The van der Waals surface area contributed by atoms with Crippen LogP contribution in [0.5, 0.6) is 0 Å². The SMILES string of the molecule is C[C@@H](N)C(=O)N[C@H](C)C(=O)NCCc1ccc(NC(=O)CN(CCN(Cc2ccccn2)Cc2ccccn2)Cc2ccccn2)cc1. The van der Waals surface area contributed by atoms with Gasteiger partial charge in [-0.2, -0.15) is 0 Å². The van der Waals surface area contributed by atoms with Crippen LogP contribution in [0.15, 0.2) is 97.5 Å². The lowest BCUT2D eigenvalue weighted by Gasteiger charge is -2.27. The molecule has 4 rings (SSSR count). The Morgan fingerprint density at radius 2 is 1.23 bits per heavy atom. The number of hydrogen-bond acceptors (Lipinski definition) is 9. The summed E-state index contributed by atoms with van der Waals surface area (Å²) in [6.07, 6.45) is 5.95. The van der Waals surface area contributed by atoms with Gasteiger partial charge < -0.3 is 21.7 Å². The molecule has 0 saturated carbocycles. The molecule has 1 aromatic carbocycles. The van der Waals surface area contributed by atoms with Crippen molar-refractivity contribution in [1.82, 2.24) is 35.4 Å². The van der Waals surface area contributed by atoms with Gasteiger partial charge in [0.05, 0.1) is 29.7 Å². The zero-order valence-corrected chi connectivity index (χ0v) is 27.6. The number of carbonyl (C=O) groups is 3. The number of amides is 3. The first-order chi connectivity index (χ1) is 23.2. The average Bonchev–Trinajstić information content (AvgIpc) is 3.09. The molecule has 0 aliphatic heterocycles. The quantitative estimate of drug-likeness (QED) is 0.127. The van der Waals surface area contributed by atoms with E-state index in [0.29, 0.717) is 51.4 Å². The van der Waals surface area contributed by atoms with Gasteiger partial charge >= 0.3 is 0 Å². The predicted molar refractivity (Wildman–Crippen MR) is 185 cm³/mol. The molecule has 3 amide bonds. The summed E-state index contributed by atoms with van der Waals surface area (Å²) in [5.41, 5.74) is 10.0. The van der Waals surface area contributed by atoms with E-state index in [0.717, 1.165) is 22.6 Å². The zero-order valence-electron chi connectivity index (χ0n) is 27.6. The van der Waals surface area contributed by atoms with Crippen molar-refractivity contribution in [3.05, 3.63) is 120 Å². The normalized spacial score (nSPS) is 12.4. The van der Waals surface area contributed by atoms with E-state index in [1.165, 1.54) is 0 Å². The van der Waals surface area contributed by atoms with Crippen LogP contribution in [-0.4, -0.2) is 80.7 Å². The minimum Gasteiger partial charge on any atom is -0.354 e. The lowest BCUT2D eigenvalue weighted by atomic mass is 10.1. The molecule has 3 heterocycles. The van der Waals surface area contributed by atoms with E-state index in [2.05, 4.69) is 40.7 Å². The highest BCUT2D eigenvalue weighted by Gasteiger charge is 2.18. The van der Waals surface area contributed by atoms with E-state index in [4.69, 9.17) is 5.73 Å². The monoisotopic (exact) mass is 651 g/mol. The number of rotatable bonds is 18. The predicted octanol–water partition coefficient (Wildman–Crippen LogP) is 2.53. The van der Waals surface area contributed by atoms with Crippen LogP contribution < -0.4 is 21.7 Å². The molecule has 2 atom stereocenters. The molecule has 0 bridgehead atoms. The van der Waals surface area contributed by atoms with Gasteiger partial charge in [-0.05, 0) is 74.4 Å². The molecular formula is C36H45N9O3. The van der Waals surface area contributed by atoms with Crippen LogP contribution in [-0.2, 0) is 40.4 Å². The van der Waals surface area contributed by atoms with E-state index in [1.807, 2.05) is 78.9 Å². The number of benzene rings is 1. The molecule has 12 heteroatoms. The topological polar surface area (TPSA) is 158 Å². The van der Waals surface area contributed by atoms with E-state index in [1.54, 1.807) is 32.4 Å². The van der Waals surface area contributed by atoms with Crippen molar-refractivity contribution in [2.75, 3.05) is 31.5 Å². The number of nitrogens with zero attached hydrogens (tertiary/aromatic N) is 5.